The summed E-state index contributed by atoms with van der Waals surface area (Å²) in [5.74, 6) is 2.00. The fourth-order valence-electron chi connectivity index (χ4n) is 1.62. The molecule has 0 N–H and O–H groups in total. The standard InChI is InChI=1S/C12H16Cl3NO/c1-17-12-3-2-11(15)8-10(12)9-16(6-4-13)7-5-14/h2-3,8H,4-7,9H2,1H3. The van der Waals surface area contributed by atoms with Crippen LogP contribution in [0.5, 0.6) is 5.75 Å². The van der Waals surface area contributed by atoms with Crippen LogP contribution in [0.25, 0.3) is 0 Å². The highest BCUT2D eigenvalue weighted by molar-refractivity contribution is 6.30. The van der Waals surface area contributed by atoms with Gasteiger partial charge < -0.3 is 4.74 Å². The van der Waals surface area contributed by atoms with Crippen LogP contribution in [0.4, 0.5) is 0 Å². The van der Waals surface area contributed by atoms with Crippen molar-refractivity contribution < 1.29 is 4.74 Å². The second-order valence-corrected chi connectivity index (χ2v) is 4.80. The van der Waals surface area contributed by atoms with Gasteiger partial charge in [-0.1, -0.05) is 11.6 Å². The third-order valence-corrected chi connectivity index (χ3v) is 3.01. The maximum Gasteiger partial charge on any atom is 0.123 e. The zero-order chi connectivity index (χ0) is 12.7. The summed E-state index contributed by atoms with van der Waals surface area (Å²) in [6.07, 6.45) is 0. The van der Waals surface area contributed by atoms with Crippen LogP contribution in [0, 0.1) is 0 Å². The van der Waals surface area contributed by atoms with Gasteiger partial charge in [0, 0.05) is 42.0 Å². The lowest BCUT2D eigenvalue weighted by atomic mass is 10.2. The summed E-state index contributed by atoms with van der Waals surface area (Å²) in [4.78, 5) is 2.17. The first-order valence-electron chi connectivity index (χ1n) is 5.38. The number of hydrogen-bond acceptors (Lipinski definition) is 2. The van der Waals surface area contributed by atoms with Gasteiger partial charge in [-0.05, 0) is 18.2 Å². The zero-order valence-corrected chi connectivity index (χ0v) is 12.0. The quantitative estimate of drug-likeness (QED) is 0.713. The van der Waals surface area contributed by atoms with Crippen molar-refractivity contribution in [2.75, 3.05) is 32.0 Å². The van der Waals surface area contributed by atoms with Crippen LogP contribution in [-0.2, 0) is 6.54 Å². The lowest BCUT2D eigenvalue weighted by Gasteiger charge is -2.21. The number of hydrogen-bond donors (Lipinski definition) is 0. The minimum atomic E-state index is 0.583. The highest BCUT2D eigenvalue weighted by atomic mass is 35.5. The van der Waals surface area contributed by atoms with E-state index >= 15 is 0 Å². The zero-order valence-electron chi connectivity index (χ0n) is 9.76. The molecule has 0 aliphatic carbocycles. The van der Waals surface area contributed by atoms with E-state index < -0.39 is 0 Å². The molecule has 0 saturated heterocycles. The summed E-state index contributed by atoms with van der Waals surface area (Å²) >= 11 is 17.5. The molecule has 1 aromatic carbocycles. The molecule has 17 heavy (non-hydrogen) atoms. The van der Waals surface area contributed by atoms with Crippen molar-refractivity contribution in [3.63, 3.8) is 0 Å². The van der Waals surface area contributed by atoms with E-state index in [2.05, 4.69) is 4.90 Å². The van der Waals surface area contributed by atoms with Crippen LogP contribution >= 0.6 is 34.8 Å². The number of halogens is 3. The van der Waals surface area contributed by atoms with Gasteiger partial charge >= 0.3 is 0 Å². The third-order valence-electron chi connectivity index (χ3n) is 2.44. The minimum Gasteiger partial charge on any atom is -0.496 e. The molecule has 0 saturated carbocycles. The van der Waals surface area contributed by atoms with E-state index in [1.807, 2.05) is 18.2 Å². The van der Waals surface area contributed by atoms with Gasteiger partial charge in [0.25, 0.3) is 0 Å². The average molecular weight is 297 g/mol. The van der Waals surface area contributed by atoms with Crippen LogP contribution in [0.2, 0.25) is 5.02 Å². The molecule has 96 valence electrons. The molecule has 0 spiro atoms. The molecule has 0 atom stereocenters. The monoisotopic (exact) mass is 295 g/mol. The Hall–Kier alpha value is -0.150. The Labute approximate surface area is 117 Å². The van der Waals surface area contributed by atoms with E-state index in [-0.39, 0.29) is 0 Å². The molecule has 0 fully saturated rings. The predicted octanol–water partition coefficient (Wildman–Crippen LogP) is 3.63. The lowest BCUT2D eigenvalue weighted by molar-refractivity contribution is 0.292. The number of rotatable bonds is 7. The molecule has 0 amide bonds. The maximum atomic E-state index is 5.99. The molecular formula is C12H16Cl3NO. The molecule has 5 heteroatoms. The largest absolute Gasteiger partial charge is 0.496 e. The van der Waals surface area contributed by atoms with Gasteiger partial charge in [0.1, 0.15) is 5.75 Å². The molecule has 2 nitrogen and oxygen atoms in total. The fraction of sp³-hybridized carbons (Fsp3) is 0.500. The first-order chi connectivity index (χ1) is 8.21. The third kappa shape index (κ3) is 4.92. The van der Waals surface area contributed by atoms with Gasteiger partial charge in [-0.15, -0.1) is 23.2 Å². The fourth-order valence-corrected chi connectivity index (χ4v) is 2.29. The molecule has 0 aliphatic rings. The van der Waals surface area contributed by atoms with Crippen LogP contribution in [-0.4, -0.2) is 36.9 Å². The van der Waals surface area contributed by atoms with Gasteiger partial charge in [-0.3, -0.25) is 4.90 Å². The highest BCUT2D eigenvalue weighted by Gasteiger charge is 2.09. The molecule has 1 rings (SSSR count). The molecule has 0 bridgehead atoms. The molecule has 0 radical (unpaired) electrons. The van der Waals surface area contributed by atoms with E-state index in [4.69, 9.17) is 39.5 Å². The first-order valence-corrected chi connectivity index (χ1v) is 6.82. The van der Waals surface area contributed by atoms with E-state index in [9.17, 15) is 0 Å². The Bertz CT molecular complexity index is 341. The molecular weight excluding hydrogens is 280 g/mol. The summed E-state index contributed by atoms with van der Waals surface area (Å²) < 4.78 is 5.31. The Balaban J connectivity index is 2.79. The van der Waals surface area contributed by atoms with Crippen molar-refractivity contribution in [1.29, 1.82) is 0 Å². The summed E-state index contributed by atoms with van der Waals surface area (Å²) in [6.45, 7) is 2.33. The van der Waals surface area contributed by atoms with Crippen molar-refractivity contribution in [1.82, 2.24) is 4.90 Å². The normalized spacial score (nSPS) is 10.9. The van der Waals surface area contributed by atoms with Crippen LogP contribution in [0.1, 0.15) is 5.56 Å². The number of ether oxygens (including phenoxy) is 1. The molecule has 1 aromatic rings. The molecule has 0 aromatic heterocycles. The Morgan fingerprint density at radius 3 is 2.35 bits per heavy atom. The maximum absolute atomic E-state index is 5.99. The predicted molar refractivity (Wildman–Crippen MR) is 74.7 cm³/mol. The van der Waals surface area contributed by atoms with Crippen molar-refractivity contribution in [3.8, 4) is 5.75 Å². The van der Waals surface area contributed by atoms with Crippen LogP contribution in [0.15, 0.2) is 18.2 Å². The second-order valence-electron chi connectivity index (χ2n) is 3.61. The van der Waals surface area contributed by atoms with E-state index in [0.717, 1.165) is 30.9 Å². The van der Waals surface area contributed by atoms with Gasteiger partial charge in [0.05, 0.1) is 7.11 Å². The van der Waals surface area contributed by atoms with E-state index in [1.165, 1.54) is 0 Å². The summed E-state index contributed by atoms with van der Waals surface area (Å²) in [7, 11) is 1.65. The van der Waals surface area contributed by atoms with Crippen molar-refractivity contribution in [2.45, 2.75) is 6.54 Å². The summed E-state index contributed by atoms with van der Waals surface area (Å²) in [5, 5.41) is 0.706. The molecule has 0 heterocycles. The number of nitrogens with zero attached hydrogens (tertiary/aromatic N) is 1. The number of methoxy groups -OCH3 is 1. The Morgan fingerprint density at radius 1 is 1.18 bits per heavy atom. The second kappa shape index (κ2) is 8.04. The van der Waals surface area contributed by atoms with E-state index in [0.29, 0.717) is 16.8 Å². The first kappa shape index (κ1) is 14.9. The van der Waals surface area contributed by atoms with Crippen molar-refractivity contribution in [3.05, 3.63) is 28.8 Å². The van der Waals surface area contributed by atoms with Crippen molar-refractivity contribution >= 4 is 34.8 Å². The van der Waals surface area contributed by atoms with Crippen LogP contribution < -0.4 is 4.74 Å². The average Bonchev–Trinajstić information content (AvgIpc) is 2.30. The minimum absolute atomic E-state index is 0.583. The van der Waals surface area contributed by atoms with Gasteiger partial charge in [0.15, 0.2) is 0 Å². The molecule has 0 unspecified atom stereocenters. The lowest BCUT2D eigenvalue weighted by Crippen LogP contribution is -2.27. The van der Waals surface area contributed by atoms with Crippen molar-refractivity contribution in [2.24, 2.45) is 0 Å². The number of alkyl halides is 2. The summed E-state index contributed by atoms with van der Waals surface area (Å²) in [5.41, 5.74) is 1.05. The SMILES string of the molecule is COc1ccc(Cl)cc1CN(CCCl)CCCl. The van der Waals surface area contributed by atoms with Crippen LogP contribution in [0.3, 0.4) is 0 Å². The van der Waals surface area contributed by atoms with E-state index in [1.54, 1.807) is 7.11 Å². The Kier molecular flexibility index (Phi) is 7.05. The topological polar surface area (TPSA) is 12.5 Å². The van der Waals surface area contributed by atoms with Gasteiger partial charge in [-0.25, -0.2) is 0 Å². The number of benzene rings is 1. The van der Waals surface area contributed by atoms with Gasteiger partial charge in [-0.2, -0.15) is 0 Å². The smallest absolute Gasteiger partial charge is 0.123 e. The molecule has 0 aliphatic heterocycles. The van der Waals surface area contributed by atoms with Gasteiger partial charge in [0.2, 0.25) is 0 Å². The summed E-state index contributed by atoms with van der Waals surface area (Å²) in [6, 6.07) is 5.60. The highest BCUT2D eigenvalue weighted by Crippen LogP contribution is 2.24. The Morgan fingerprint density at radius 2 is 1.82 bits per heavy atom.